The number of aliphatic hydroxyl groups excluding tert-OH is 1. The highest BCUT2D eigenvalue weighted by atomic mass is 35.5. The van der Waals surface area contributed by atoms with Crippen molar-refractivity contribution in [3.05, 3.63) is 76.0 Å². The summed E-state index contributed by atoms with van der Waals surface area (Å²) in [5, 5.41) is 18.4. The summed E-state index contributed by atoms with van der Waals surface area (Å²) in [6.45, 7) is 2.31. The lowest BCUT2D eigenvalue weighted by Crippen LogP contribution is -2.56. The molecule has 2 aliphatic heterocycles. The molecule has 2 aliphatic rings. The second-order valence-electron chi connectivity index (χ2n) is 8.87. The Hall–Kier alpha value is -3.69. The molecule has 2 aromatic carbocycles. The van der Waals surface area contributed by atoms with E-state index in [1.807, 2.05) is 31.2 Å². The van der Waals surface area contributed by atoms with Crippen molar-refractivity contribution in [3.63, 3.8) is 0 Å². The standard InChI is InChI=1S/C26H27ClN4O5/c1-15-5-6-17(12-19(15)27)14-28-22(32)9-7-16-3-2-4-18(11-16)29-20-13-24(34)31(26(20)36)21-8-10-23(33)30-25(21)35/h2-6,11-13,21,23,29,33H,7-10,14H2,1H3,(H,28,32)(H,30,35). The maximum atomic E-state index is 12.8. The van der Waals surface area contributed by atoms with Crippen LogP contribution < -0.4 is 16.0 Å². The van der Waals surface area contributed by atoms with Crippen molar-refractivity contribution >= 4 is 40.9 Å². The van der Waals surface area contributed by atoms with Crippen molar-refractivity contribution in [2.24, 2.45) is 0 Å². The van der Waals surface area contributed by atoms with Gasteiger partial charge in [-0.15, -0.1) is 0 Å². The van der Waals surface area contributed by atoms with Gasteiger partial charge in [-0.1, -0.05) is 35.9 Å². The number of carbonyl (C=O) groups excluding carboxylic acids is 4. The zero-order chi connectivity index (χ0) is 25.8. The van der Waals surface area contributed by atoms with Crippen molar-refractivity contribution in [2.75, 3.05) is 5.32 Å². The Morgan fingerprint density at radius 3 is 2.69 bits per heavy atom. The molecule has 0 radical (unpaired) electrons. The number of benzene rings is 2. The molecule has 2 atom stereocenters. The molecule has 2 aromatic rings. The van der Waals surface area contributed by atoms with Gasteiger partial charge >= 0.3 is 0 Å². The van der Waals surface area contributed by atoms with Crippen LogP contribution in [0.4, 0.5) is 5.69 Å². The molecule has 9 nitrogen and oxygen atoms in total. The highest BCUT2D eigenvalue weighted by molar-refractivity contribution is 6.31. The van der Waals surface area contributed by atoms with Crippen LogP contribution in [-0.2, 0) is 32.1 Å². The maximum Gasteiger partial charge on any atom is 0.278 e. The molecule has 2 heterocycles. The molecule has 10 heteroatoms. The third kappa shape index (κ3) is 5.92. The van der Waals surface area contributed by atoms with Crippen LogP contribution in [0, 0.1) is 6.92 Å². The largest absolute Gasteiger partial charge is 0.374 e. The zero-order valence-electron chi connectivity index (χ0n) is 19.7. The summed E-state index contributed by atoms with van der Waals surface area (Å²) in [4.78, 5) is 50.7. The molecule has 0 bridgehead atoms. The fraction of sp³-hybridized carbons (Fsp3) is 0.308. The third-order valence-corrected chi connectivity index (χ3v) is 6.57. The topological polar surface area (TPSA) is 128 Å². The molecule has 0 aliphatic carbocycles. The number of carbonyl (C=O) groups is 4. The van der Waals surface area contributed by atoms with Crippen molar-refractivity contribution in [1.29, 1.82) is 0 Å². The van der Waals surface area contributed by atoms with Crippen LogP contribution in [-0.4, -0.2) is 45.9 Å². The first kappa shape index (κ1) is 25.4. The number of hydrogen-bond donors (Lipinski definition) is 4. The fourth-order valence-corrected chi connectivity index (χ4v) is 4.35. The predicted octanol–water partition coefficient (Wildman–Crippen LogP) is 2.16. The number of nitrogens with one attached hydrogen (secondary N) is 3. The molecular weight excluding hydrogens is 484 g/mol. The number of amides is 4. The van der Waals surface area contributed by atoms with E-state index in [9.17, 15) is 24.3 Å². The summed E-state index contributed by atoms with van der Waals surface area (Å²) >= 11 is 6.13. The van der Waals surface area contributed by atoms with E-state index in [0.717, 1.165) is 27.7 Å². The number of nitrogens with zero attached hydrogens (tertiary/aromatic N) is 1. The van der Waals surface area contributed by atoms with Crippen molar-refractivity contribution in [1.82, 2.24) is 15.5 Å². The monoisotopic (exact) mass is 510 g/mol. The Bertz CT molecular complexity index is 1240. The second-order valence-corrected chi connectivity index (χ2v) is 9.28. The van der Waals surface area contributed by atoms with E-state index in [1.54, 1.807) is 18.2 Å². The number of rotatable bonds is 8. The highest BCUT2D eigenvalue weighted by Gasteiger charge is 2.42. The summed E-state index contributed by atoms with van der Waals surface area (Å²) in [7, 11) is 0. The number of piperidine rings is 1. The molecule has 2 unspecified atom stereocenters. The average molecular weight is 511 g/mol. The van der Waals surface area contributed by atoms with E-state index in [1.165, 1.54) is 0 Å². The maximum absolute atomic E-state index is 12.8. The molecule has 1 saturated heterocycles. The minimum Gasteiger partial charge on any atom is -0.374 e. The Labute approximate surface area is 213 Å². The van der Waals surface area contributed by atoms with Crippen molar-refractivity contribution in [2.45, 2.75) is 51.4 Å². The molecule has 1 fully saturated rings. The quantitative estimate of drug-likeness (QED) is 0.403. The normalized spacial score (nSPS) is 19.7. The molecular formula is C26H27ClN4O5. The number of hydrogen-bond acceptors (Lipinski definition) is 6. The minimum absolute atomic E-state index is 0.0607. The first-order chi connectivity index (χ1) is 17.2. The van der Waals surface area contributed by atoms with Gasteiger partial charge in [0.25, 0.3) is 11.8 Å². The van der Waals surface area contributed by atoms with Gasteiger partial charge < -0.3 is 21.1 Å². The van der Waals surface area contributed by atoms with Gasteiger partial charge in [-0.05, 0) is 61.1 Å². The van der Waals surface area contributed by atoms with E-state index in [0.29, 0.717) is 23.7 Å². The van der Waals surface area contributed by atoms with Crippen LogP contribution >= 0.6 is 11.6 Å². The average Bonchev–Trinajstić information content (AvgIpc) is 3.11. The van der Waals surface area contributed by atoms with Crippen molar-refractivity contribution < 1.29 is 24.3 Å². The number of halogens is 1. The Morgan fingerprint density at radius 1 is 1.14 bits per heavy atom. The Morgan fingerprint density at radius 2 is 1.94 bits per heavy atom. The predicted molar refractivity (Wildman–Crippen MR) is 134 cm³/mol. The van der Waals surface area contributed by atoms with Gasteiger partial charge in [0.15, 0.2) is 0 Å². The molecule has 0 aromatic heterocycles. The smallest absolute Gasteiger partial charge is 0.278 e. The zero-order valence-corrected chi connectivity index (χ0v) is 20.5. The lowest BCUT2D eigenvalue weighted by molar-refractivity contribution is -0.149. The first-order valence-electron chi connectivity index (χ1n) is 11.7. The molecule has 4 amide bonds. The van der Waals surface area contributed by atoms with Crippen molar-refractivity contribution in [3.8, 4) is 0 Å². The summed E-state index contributed by atoms with van der Waals surface area (Å²) in [5.41, 5.74) is 3.42. The molecule has 0 spiro atoms. The number of aliphatic hydroxyl groups is 1. The van der Waals surface area contributed by atoms with Gasteiger partial charge in [0.1, 0.15) is 18.0 Å². The van der Waals surface area contributed by atoms with Crippen LogP contribution in [0.25, 0.3) is 0 Å². The second kappa shape index (κ2) is 10.9. The molecule has 4 N–H and O–H groups in total. The molecule has 36 heavy (non-hydrogen) atoms. The van der Waals surface area contributed by atoms with Crippen LogP contribution in [0.3, 0.4) is 0 Å². The number of anilines is 1. The molecule has 0 saturated carbocycles. The van der Waals surface area contributed by atoms with E-state index in [-0.39, 0.29) is 30.9 Å². The van der Waals surface area contributed by atoms with Gasteiger partial charge in [0.05, 0.1) is 0 Å². The lowest BCUT2D eigenvalue weighted by atomic mass is 10.0. The summed E-state index contributed by atoms with van der Waals surface area (Å²) < 4.78 is 0. The van der Waals surface area contributed by atoms with Crippen LogP contribution in [0.2, 0.25) is 5.02 Å². The number of imide groups is 1. The Balaban J connectivity index is 1.31. The SMILES string of the molecule is Cc1ccc(CNC(=O)CCc2cccc(NC3=CC(=O)N(C4CCC(O)NC4=O)C3=O)c2)cc1Cl. The summed E-state index contributed by atoms with van der Waals surface area (Å²) in [6.07, 6.45) is 1.40. The van der Waals surface area contributed by atoms with Gasteiger partial charge in [-0.25, -0.2) is 0 Å². The summed E-state index contributed by atoms with van der Waals surface area (Å²) in [6, 6.07) is 11.9. The third-order valence-electron chi connectivity index (χ3n) is 6.16. The first-order valence-corrected chi connectivity index (χ1v) is 12.0. The lowest BCUT2D eigenvalue weighted by Gasteiger charge is -2.31. The van der Waals surface area contributed by atoms with E-state index >= 15 is 0 Å². The van der Waals surface area contributed by atoms with E-state index in [4.69, 9.17) is 11.6 Å². The highest BCUT2D eigenvalue weighted by Crippen LogP contribution is 2.24. The number of aryl methyl sites for hydroxylation is 2. The van der Waals surface area contributed by atoms with E-state index < -0.39 is 30.0 Å². The van der Waals surface area contributed by atoms with Gasteiger partial charge in [-0.2, -0.15) is 0 Å². The molecule has 188 valence electrons. The van der Waals surface area contributed by atoms with Gasteiger partial charge in [-0.3, -0.25) is 24.1 Å². The van der Waals surface area contributed by atoms with E-state index in [2.05, 4.69) is 16.0 Å². The van der Waals surface area contributed by atoms with Crippen LogP contribution in [0.5, 0.6) is 0 Å². The fourth-order valence-electron chi connectivity index (χ4n) is 4.15. The summed E-state index contributed by atoms with van der Waals surface area (Å²) in [5.74, 6) is -1.84. The van der Waals surface area contributed by atoms with Gasteiger partial charge in [0, 0.05) is 29.8 Å². The van der Waals surface area contributed by atoms with Crippen LogP contribution in [0.1, 0.15) is 36.0 Å². The van der Waals surface area contributed by atoms with Crippen LogP contribution in [0.15, 0.2) is 54.2 Å². The van der Waals surface area contributed by atoms with Gasteiger partial charge in [0.2, 0.25) is 11.8 Å². The Kier molecular flexibility index (Phi) is 7.71. The molecule has 4 rings (SSSR count). The minimum atomic E-state index is -0.974.